The average molecular weight is 465 g/mol. The van der Waals surface area contributed by atoms with Crippen molar-refractivity contribution in [1.29, 1.82) is 0 Å². The molecule has 0 unspecified atom stereocenters. The number of rotatable bonds is 4. The predicted molar refractivity (Wildman–Crippen MR) is 124 cm³/mol. The van der Waals surface area contributed by atoms with Gasteiger partial charge in [0.2, 0.25) is 10.0 Å². The molecule has 1 aliphatic rings. The van der Waals surface area contributed by atoms with Crippen LogP contribution in [0.2, 0.25) is 0 Å². The molecule has 3 aromatic carbocycles. The third kappa shape index (κ3) is 3.73. The number of piperazine rings is 1. The van der Waals surface area contributed by atoms with E-state index in [1.54, 1.807) is 29.2 Å². The van der Waals surface area contributed by atoms with Crippen molar-refractivity contribution in [3.63, 3.8) is 0 Å². The van der Waals surface area contributed by atoms with E-state index in [-0.39, 0.29) is 42.7 Å². The van der Waals surface area contributed by atoms with Gasteiger partial charge in [0.15, 0.2) is 0 Å². The lowest BCUT2D eigenvalue weighted by atomic mass is 10.1. The summed E-state index contributed by atoms with van der Waals surface area (Å²) >= 11 is 0. The number of benzene rings is 3. The molecule has 168 valence electrons. The highest BCUT2D eigenvalue weighted by Crippen LogP contribution is 2.26. The van der Waals surface area contributed by atoms with E-state index < -0.39 is 14.9 Å². The summed E-state index contributed by atoms with van der Waals surface area (Å²) in [6, 6.07) is 16.9. The first-order chi connectivity index (χ1) is 15.8. The molecule has 0 aliphatic carbocycles. The van der Waals surface area contributed by atoms with E-state index in [9.17, 15) is 23.3 Å². The Labute approximate surface area is 189 Å². The average Bonchev–Trinajstić information content (AvgIpc) is 3.26. The van der Waals surface area contributed by atoms with Crippen molar-refractivity contribution >= 4 is 43.3 Å². The van der Waals surface area contributed by atoms with Crippen molar-refractivity contribution in [2.75, 3.05) is 26.2 Å². The molecule has 2 heterocycles. The molecular formula is C23H20N4O5S. The van der Waals surface area contributed by atoms with Crippen LogP contribution < -0.4 is 0 Å². The van der Waals surface area contributed by atoms with Crippen LogP contribution in [-0.2, 0) is 10.0 Å². The second kappa shape index (κ2) is 7.98. The highest BCUT2D eigenvalue weighted by molar-refractivity contribution is 7.89. The number of carbonyl (C=O) groups is 1. The van der Waals surface area contributed by atoms with Crippen LogP contribution in [0.3, 0.4) is 0 Å². The molecule has 0 saturated carbocycles. The maximum atomic E-state index is 13.2. The maximum Gasteiger partial charge on any atom is 0.270 e. The summed E-state index contributed by atoms with van der Waals surface area (Å²) in [7, 11) is -3.69. The summed E-state index contributed by atoms with van der Waals surface area (Å²) in [6.45, 7) is 0.799. The van der Waals surface area contributed by atoms with E-state index in [0.29, 0.717) is 16.5 Å². The molecule has 1 fully saturated rings. The van der Waals surface area contributed by atoms with Crippen LogP contribution in [0.5, 0.6) is 0 Å². The number of sulfonamides is 1. The molecule has 0 bridgehead atoms. The van der Waals surface area contributed by atoms with Crippen molar-refractivity contribution < 1.29 is 18.1 Å². The summed E-state index contributed by atoms with van der Waals surface area (Å²) < 4.78 is 27.7. The second-order valence-corrected chi connectivity index (χ2v) is 9.83. The number of hydrogen-bond acceptors (Lipinski definition) is 5. The van der Waals surface area contributed by atoms with E-state index in [2.05, 4.69) is 4.98 Å². The summed E-state index contributed by atoms with van der Waals surface area (Å²) in [6.07, 6.45) is 1.54. The number of nitro benzene ring substituents is 1. The first kappa shape index (κ1) is 21.1. The minimum atomic E-state index is -3.69. The van der Waals surface area contributed by atoms with Gasteiger partial charge in [-0.2, -0.15) is 4.31 Å². The Balaban J connectivity index is 1.34. The van der Waals surface area contributed by atoms with Crippen LogP contribution in [0.4, 0.5) is 5.69 Å². The lowest BCUT2D eigenvalue weighted by molar-refractivity contribution is -0.384. The number of amides is 1. The molecule has 1 N–H and O–H groups in total. The molecule has 5 rings (SSSR count). The Morgan fingerprint density at radius 1 is 0.939 bits per heavy atom. The zero-order chi connectivity index (χ0) is 23.2. The second-order valence-electron chi connectivity index (χ2n) is 7.89. The fourth-order valence-electron chi connectivity index (χ4n) is 4.18. The molecule has 0 radical (unpaired) electrons. The van der Waals surface area contributed by atoms with Crippen molar-refractivity contribution in [3.05, 3.63) is 82.5 Å². The highest BCUT2D eigenvalue weighted by atomic mass is 32.2. The molecule has 0 spiro atoms. The molecule has 9 nitrogen and oxygen atoms in total. The van der Waals surface area contributed by atoms with Gasteiger partial charge < -0.3 is 9.88 Å². The summed E-state index contributed by atoms with van der Waals surface area (Å²) in [5.74, 6) is -0.287. The van der Waals surface area contributed by atoms with Crippen molar-refractivity contribution in [1.82, 2.24) is 14.2 Å². The van der Waals surface area contributed by atoms with Crippen LogP contribution in [0.1, 0.15) is 10.4 Å². The zero-order valence-corrected chi connectivity index (χ0v) is 18.3. The van der Waals surface area contributed by atoms with Crippen LogP contribution in [0.25, 0.3) is 21.7 Å². The lowest BCUT2D eigenvalue weighted by Gasteiger charge is -2.34. The van der Waals surface area contributed by atoms with Gasteiger partial charge in [-0.1, -0.05) is 30.3 Å². The van der Waals surface area contributed by atoms with Crippen molar-refractivity contribution in [3.8, 4) is 0 Å². The number of aromatic amines is 1. The lowest BCUT2D eigenvalue weighted by Crippen LogP contribution is -2.50. The Bertz CT molecular complexity index is 1500. The molecule has 33 heavy (non-hydrogen) atoms. The number of carbonyl (C=O) groups excluding carboxylic acids is 1. The summed E-state index contributed by atoms with van der Waals surface area (Å²) in [5.41, 5.74) is 0.864. The Morgan fingerprint density at radius 3 is 2.39 bits per heavy atom. The van der Waals surface area contributed by atoms with Gasteiger partial charge in [0.1, 0.15) is 0 Å². The Kier molecular flexibility index (Phi) is 5.10. The van der Waals surface area contributed by atoms with E-state index in [4.69, 9.17) is 0 Å². The van der Waals surface area contributed by atoms with Gasteiger partial charge in [0.05, 0.1) is 15.4 Å². The normalized spacial score (nSPS) is 15.2. The van der Waals surface area contributed by atoms with Gasteiger partial charge in [0, 0.05) is 55.4 Å². The SMILES string of the molecule is O=C(c1c[nH]c2ccc([N+](=O)[O-])cc12)N1CCN(S(=O)(=O)c2ccc3ccccc3c2)CC1. The molecule has 1 aromatic heterocycles. The number of nitro groups is 1. The highest BCUT2D eigenvalue weighted by Gasteiger charge is 2.31. The summed E-state index contributed by atoms with van der Waals surface area (Å²) in [4.78, 5) is 28.5. The van der Waals surface area contributed by atoms with Gasteiger partial charge in [-0.3, -0.25) is 14.9 Å². The first-order valence-corrected chi connectivity index (χ1v) is 11.8. The molecule has 1 aliphatic heterocycles. The van der Waals surface area contributed by atoms with E-state index >= 15 is 0 Å². The molecular weight excluding hydrogens is 444 g/mol. The fraction of sp³-hybridized carbons (Fsp3) is 0.174. The monoisotopic (exact) mass is 464 g/mol. The number of hydrogen-bond donors (Lipinski definition) is 1. The minimum absolute atomic E-state index is 0.0950. The van der Waals surface area contributed by atoms with Crippen LogP contribution in [-0.4, -0.2) is 59.6 Å². The molecule has 1 amide bonds. The van der Waals surface area contributed by atoms with Crippen LogP contribution in [0, 0.1) is 10.1 Å². The van der Waals surface area contributed by atoms with E-state index in [1.165, 1.54) is 22.6 Å². The number of fused-ring (bicyclic) bond motifs is 2. The van der Waals surface area contributed by atoms with Gasteiger partial charge >= 0.3 is 0 Å². The largest absolute Gasteiger partial charge is 0.360 e. The zero-order valence-electron chi connectivity index (χ0n) is 17.5. The first-order valence-electron chi connectivity index (χ1n) is 10.4. The third-order valence-corrected chi connectivity index (χ3v) is 7.89. The van der Waals surface area contributed by atoms with Gasteiger partial charge in [-0.25, -0.2) is 8.42 Å². The maximum absolute atomic E-state index is 13.2. The minimum Gasteiger partial charge on any atom is -0.360 e. The number of H-pyrrole nitrogens is 1. The van der Waals surface area contributed by atoms with Crippen LogP contribution in [0.15, 0.2) is 71.8 Å². The van der Waals surface area contributed by atoms with Crippen LogP contribution >= 0.6 is 0 Å². The number of nitrogens with zero attached hydrogens (tertiary/aromatic N) is 3. The number of non-ortho nitro benzene ring substituents is 1. The standard InChI is InChI=1S/C23H20N4O5S/c28-23(21-15-24-22-8-6-18(27(29)30)14-20(21)22)25-9-11-26(12-10-25)33(31,32)19-7-5-16-3-1-2-4-17(16)13-19/h1-8,13-15,24H,9-12H2. The summed E-state index contributed by atoms with van der Waals surface area (Å²) in [5, 5.41) is 13.4. The molecule has 0 atom stereocenters. The topological polar surface area (TPSA) is 117 Å². The third-order valence-electron chi connectivity index (χ3n) is 5.99. The number of nitrogens with one attached hydrogen (secondary N) is 1. The van der Waals surface area contributed by atoms with E-state index in [0.717, 1.165) is 10.8 Å². The van der Waals surface area contributed by atoms with Crippen molar-refractivity contribution in [2.45, 2.75) is 4.90 Å². The number of aromatic nitrogens is 1. The van der Waals surface area contributed by atoms with Gasteiger partial charge in [0.25, 0.3) is 11.6 Å². The predicted octanol–water partition coefficient (Wildman–Crippen LogP) is 3.38. The fourth-order valence-corrected chi connectivity index (χ4v) is 5.64. The van der Waals surface area contributed by atoms with Crippen molar-refractivity contribution in [2.24, 2.45) is 0 Å². The van der Waals surface area contributed by atoms with Gasteiger partial charge in [-0.05, 0) is 29.0 Å². The molecule has 4 aromatic rings. The smallest absolute Gasteiger partial charge is 0.270 e. The molecule has 1 saturated heterocycles. The Hall–Kier alpha value is -3.76. The molecule has 10 heteroatoms. The Morgan fingerprint density at radius 2 is 1.67 bits per heavy atom. The quantitative estimate of drug-likeness (QED) is 0.367. The van der Waals surface area contributed by atoms with Gasteiger partial charge in [-0.15, -0.1) is 0 Å². The van der Waals surface area contributed by atoms with E-state index in [1.807, 2.05) is 24.3 Å².